The van der Waals surface area contributed by atoms with Gasteiger partial charge in [0.25, 0.3) is 0 Å². The molecule has 0 aliphatic carbocycles. The number of hydrogen-bond donors (Lipinski definition) is 2. The van der Waals surface area contributed by atoms with E-state index < -0.39 is 5.97 Å². The van der Waals surface area contributed by atoms with Crippen molar-refractivity contribution in [2.45, 2.75) is 13.3 Å². The first-order chi connectivity index (χ1) is 11.0. The number of hydrogen-bond acceptors (Lipinski definition) is 5. The van der Waals surface area contributed by atoms with Gasteiger partial charge in [-0.1, -0.05) is 6.92 Å². The first-order valence-corrected chi connectivity index (χ1v) is 6.90. The number of benzene rings is 1. The van der Waals surface area contributed by atoms with E-state index in [1.165, 1.54) is 6.07 Å². The molecule has 118 valence electrons. The quantitative estimate of drug-likeness (QED) is 0.720. The Balaban J connectivity index is 0.000000338. The molecule has 0 fully saturated rings. The summed E-state index contributed by atoms with van der Waals surface area (Å²) in [6.45, 7) is 1.60. The Hall–Kier alpha value is -3.15. The summed E-state index contributed by atoms with van der Waals surface area (Å²) < 4.78 is 5.44. The standard InChI is InChI=1S/C14H9NO3.C3H6O2/c16-11-2-1-10-7-13(18-12(10)8-11)14(17)9-3-5-15-6-4-9;1-2-3(4)5/h1-8,16H;2H2,1H3,(H,4,5). The third kappa shape index (κ3) is 4.16. The number of pyridine rings is 1. The van der Waals surface area contributed by atoms with Crippen LogP contribution in [-0.4, -0.2) is 26.9 Å². The van der Waals surface area contributed by atoms with E-state index in [0.29, 0.717) is 11.1 Å². The number of nitrogens with zero attached hydrogens (tertiary/aromatic N) is 1. The number of aromatic nitrogens is 1. The van der Waals surface area contributed by atoms with E-state index in [0.717, 1.165) is 5.39 Å². The van der Waals surface area contributed by atoms with Crippen molar-refractivity contribution in [3.8, 4) is 5.75 Å². The van der Waals surface area contributed by atoms with E-state index in [1.807, 2.05) is 0 Å². The molecule has 0 saturated carbocycles. The second-order valence-corrected chi connectivity index (χ2v) is 4.65. The highest BCUT2D eigenvalue weighted by Gasteiger charge is 2.14. The molecule has 0 bridgehead atoms. The average Bonchev–Trinajstić information content (AvgIpc) is 2.98. The Bertz CT molecular complexity index is 823. The molecular weight excluding hydrogens is 298 g/mol. The van der Waals surface area contributed by atoms with Gasteiger partial charge in [0.15, 0.2) is 5.76 Å². The monoisotopic (exact) mass is 313 g/mol. The zero-order valence-corrected chi connectivity index (χ0v) is 12.4. The molecule has 2 aromatic heterocycles. The van der Waals surface area contributed by atoms with E-state index in [1.54, 1.807) is 49.6 Å². The molecule has 3 rings (SSSR count). The minimum Gasteiger partial charge on any atom is -0.508 e. The van der Waals surface area contributed by atoms with E-state index in [4.69, 9.17) is 9.52 Å². The molecule has 2 N–H and O–H groups in total. The number of aromatic hydroxyl groups is 1. The summed E-state index contributed by atoms with van der Waals surface area (Å²) in [5, 5.41) is 17.8. The first kappa shape index (κ1) is 16.2. The van der Waals surface area contributed by atoms with Crippen molar-refractivity contribution < 1.29 is 24.2 Å². The summed E-state index contributed by atoms with van der Waals surface area (Å²) in [4.78, 5) is 25.3. The fraction of sp³-hybridized carbons (Fsp3) is 0.118. The third-order valence-corrected chi connectivity index (χ3v) is 2.97. The SMILES string of the molecule is CCC(=O)O.O=C(c1ccncc1)c1cc2ccc(O)cc2o1. The second-order valence-electron chi connectivity index (χ2n) is 4.65. The van der Waals surface area contributed by atoms with Gasteiger partial charge >= 0.3 is 5.97 Å². The number of carboxylic acid groups (broad SMARTS) is 1. The predicted octanol–water partition coefficient (Wildman–Crippen LogP) is 3.25. The molecule has 23 heavy (non-hydrogen) atoms. The normalized spacial score (nSPS) is 9.96. The number of carboxylic acids is 1. The first-order valence-electron chi connectivity index (χ1n) is 6.90. The van der Waals surface area contributed by atoms with Gasteiger partial charge in [0, 0.05) is 35.8 Å². The van der Waals surface area contributed by atoms with Crippen LogP contribution in [0.1, 0.15) is 29.5 Å². The van der Waals surface area contributed by atoms with E-state index >= 15 is 0 Å². The number of fused-ring (bicyclic) bond motifs is 1. The van der Waals surface area contributed by atoms with Crippen molar-refractivity contribution in [1.29, 1.82) is 0 Å². The van der Waals surface area contributed by atoms with Gasteiger partial charge in [-0.3, -0.25) is 14.6 Å². The number of ketones is 1. The largest absolute Gasteiger partial charge is 0.508 e. The van der Waals surface area contributed by atoms with Crippen molar-refractivity contribution in [2.75, 3.05) is 0 Å². The van der Waals surface area contributed by atoms with Crippen LogP contribution in [0, 0.1) is 0 Å². The van der Waals surface area contributed by atoms with Crippen molar-refractivity contribution >= 4 is 22.7 Å². The van der Waals surface area contributed by atoms with Gasteiger partial charge < -0.3 is 14.6 Å². The fourth-order valence-corrected chi connectivity index (χ4v) is 1.78. The molecule has 1 aromatic carbocycles. The van der Waals surface area contributed by atoms with Crippen LogP contribution < -0.4 is 0 Å². The maximum Gasteiger partial charge on any atom is 0.303 e. The van der Waals surface area contributed by atoms with Gasteiger partial charge in [-0.2, -0.15) is 0 Å². The smallest absolute Gasteiger partial charge is 0.303 e. The zero-order chi connectivity index (χ0) is 16.8. The lowest BCUT2D eigenvalue weighted by molar-refractivity contribution is -0.136. The summed E-state index contributed by atoms with van der Waals surface area (Å²) in [7, 11) is 0. The molecule has 0 atom stereocenters. The topological polar surface area (TPSA) is 101 Å². The number of aliphatic carboxylic acids is 1. The molecule has 0 aliphatic rings. The van der Waals surface area contributed by atoms with Gasteiger partial charge in [0.1, 0.15) is 11.3 Å². The number of carbonyl (C=O) groups excluding carboxylic acids is 1. The highest BCUT2D eigenvalue weighted by Crippen LogP contribution is 2.24. The number of phenolic OH excluding ortho intramolecular Hbond substituents is 1. The Morgan fingerprint density at radius 3 is 2.39 bits per heavy atom. The summed E-state index contributed by atoms with van der Waals surface area (Å²) in [6.07, 6.45) is 3.34. The van der Waals surface area contributed by atoms with Gasteiger partial charge in [0.05, 0.1) is 0 Å². The number of rotatable bonds is 3. The minimum absolute atomic E-state index is 0.111. The maximum atomic E-state index is 12.1. The molecule has 0 unspecified atom stereocenters. The van der Waals surface area contributed by atoms with Gasteiger partial charge in [-0.05, 0) is 30.3 Å². The van der Waals surface area contributed by atoms with Crippen molar-refractivity contribution in [3.05, 3.63) is 60.1 Å². The highest BCUT2D eigenvalue weighted by atomic mass is 16.4. The molecule has 2 heterocycles. The number of carbonyl (C=O) groups is 2. The van der Waals surface area contributed by atoms with Crippen molar-refractivity contribution in [3.63, 3.8) is 0 Å². The molecule has 0 spiro atoms. The number of furan rings is 1. The van der Waals surface area contributed by atoms with E-state index in [-0.39, 0.29) is 23.7 Å². The van der Waals surface area contributed by atoms with Crippen LogP contribution in [0.5, 0.6) is 5.75 Å². The van der Waals surface area contributed by atoms with Crippen LogP contribution >= 0.6 is 0 Å². The highest BCUT2D eigenvalue weighted by molar-refractivity contribution is 6.08. The second kappa shape index (κ2) is 7.22. The van der Waals surface area contributed by atoms with Crippen LogP contribution in [0.2, 0.25) is 0 Å². The number of phenols is 1. The molecule has 0 amide bonds. The predicted molar refractivity (Wildman–Crippen MR) is 83.5 cm³/mol. The lowest BCUT2D eigenvalue weighted by Crippen LogP contribution is -1.98. The van der Waals surface area contributed by atoms with Gasteiger partial charge in [-0.15, -0.1) is 0 Å². The minimum atomic E-state index is -0.745. The average molecular weight is 313 g/mol. The third-order valence-electron chi connectivity index (χ3n) is 2.97. The molecule has 3 aromatic rings. The van der Waals surface area contributed by atoms with Crippen molar-refractivity contribution in [2.24, 2.45) is 0 Å². The van der Waals surface area contributed by atoms with Crippen LogP contribution in [0.3, 0.4) is 0 Å². The van der Waals surface area contributed by atoms with Gasteiger partial charge in [0.2, 0.25) is 5.78 Å². The summed E-state index contributed by atoms with van der Waals surface area (Å²) in [6, 6.07) is 9.67. The Morgan fingerprint density at radius 2 is 1.78 bits per heavy atom. The lowest BCUT2D eigenvalue weighted by Gasteiger charge is -1.95. The molecule has 6 heteroatoms. The van der Waals surface area contributed by atoms with Gasteiger partial charge in [-0.25, -0.2) is 0 Å². The summed E-state index contributed by atoms with van der Waals surface area (Å²) in [5.74, 6) is -0.584. The molecule has 0 saturated heterocycles. The Kier molecular flexibility index (Phi) is 5.09. The van der Waals surface area contributed by atoms with E-state index in [2.05, 4.69) is 4.98 Å². The molecule has 0 aliphatic heterocycles. The van der Waals surface area contributed by atoms with Crippen molar-refractivity contribution in [1.82, 2.24) is 4.98 Å². The van der Waals surface area contributed by atoms with E-state index in [9.17, 15) is 14.7 Å². The zero-order valence-electron chi connectivity index (χ0n) is 12.4. The molecular formula is C17H15NO5. The summed E-state index contributed by atoms with van der Waals surface area (Å²) in [5.41, 5.74) is 1.01. The summed E-state index contributed by atoms with van der Waals surface area (Å²) >= 11 is 0. The molecule has 6 nitrogen and oxygen atoms in total. The van der Waals surface area contributed by atoms with Crippen LogP contribution in [0.4, 0.5) is 0 Å². The van der Waals surface area contributed by atoms with Crippen LogP contribution in [-0.2, 0) is 4.79 Å². The fourth-order valence-electron chi connectivity index (χ4n) is 1.78. The molecule has 0 radical (unpaired) electrons. The lowest BCUT2D eigenvalue weighted by atomic mass is 10.1. The van der Waals surface area contributed by atoms with Crippen LogP contribution in [0.25, 0.3) is 11.0 Å². The maximum absolute atomic E-state index is 12.1. The van der Waals surface area contributed by atoms with Crippen LogP contribution in [0.15, 0.2) is 53.2 Å². The Labute approximate surface area is 132 Å². The Morgan fingerprint density at radius 1 is 1.13 bits per heavy atom.